The molecule has 1 aliphatic heterocycles. The molecule has 0 saturated heterocycles. The lowest BCUT2D eigenvalue weighted by molar-refractivity contribution is 0.0950. The minimum Gasteiger partial charge on any atom is -0.348 e. The third kappa shape index (κ3) is 3.96. The van der Waals surface area contributed by atoms with Crippen LogP contribution >= 0.6 is 11.3 Å². The molecule has 8 bridgehead atoms. The summed E-state index contributed by atoms with van der Waals surface area (Å²) in [6, 6.07) is 11.0. The molecule has 0 saturated carbocycles. The molecule has 5 heterocycles. The molecular weight excluding hydrogens is 512 g/mol. The maximum absolute atomic E-state index is 13.5. The zero-order valence-electron chi connectivity index (χ0n) is 19.3. The number of carbonyl (C=O) groups is 1. The first-order valence-electron chi connectivity index (χ1n) is 11.1. The van der Waals surface area contributed by atoms with Gasteiger partial charge in [0, 0.05) is 53.8 Å². The number of anilines is 1. The summed E-state index contributed by atoms with van der Waals surface area (Å²) in [5.41, 5.74) is 3.06. The minimum atomic E-state index is -4.15. The molecular formula is C25H18N6O4S2. The van der Waals surface area contributed by atoms with E-state index in [1.165, 1.54) is 61.2 Å². The summed E-state index contributed by atoms with van der Waals surface area (Å²) in [6.07, 6.45) is 6.36. The maximum Gasteiger partial charge on any atom is 0.272 e. The SMILES string of the molecule is CN1c2cc(c[nH]c2=O)-c2cc3ncnc(c3s2)-c2cncc(c2)CNC(=O)c2cccc(c2)S1(=O)=O. The molecule has 1 aliphatic rings. The van der Waals surface area contributed by atoms with E-state index in [0.29, 0.717) is 16.8 Å². The fraction of sp³-hybridized carbons (Fsp3) is 0.0800. The largest absolute Gasteiger partial charge is 0.348 e. The molecule has 0 radical (unpaired) electrons. The summed E-state index contributed by atoms with van der Waals surface area (Å²) < 4.78 is 28.6. The van der Waals surface area contributed by atoms with Gasteiger partial charge < -0.3 is 10.3 Å². The van der Waals surface area contributed by atoms with E-state index in [4.69, 9.17) is 0 Å². The highest BCUT2D eigenvalue weighted by atomic mass is 32.2. The summed E-state index contributed by atoms with van der Waals surface area (Å²) >= 11 is 1.42. The zero-order valence-corrected chi connectivity index (χ0v) is 20.9. The Morgan fingerprint density at radius 2 is 1.86 bits per heavy atom. The first-order valence-corrected chi connectivity index (χ1v) is 13.4. The number of H-pyrrole nitrogens is 1. The number of benzene rings is 1. The van der Waals surface area contributed by atoms with Gasteiger partial charge in [0.25, 0.3) is 21.5 Å². The van der Waals surface area contributed by atoms with Gasteiger partial charge in [0.1, 0.15) is 12.0 Å². The van der Waals surface area contributed by atoms with Crippen LogP contribution in [0.1, 0.15) is 15.9 Å². The number of fused-ring (bicyclic) bond motifs is 9. The lowest BCUT2D eigenvalue weighted by Crippen LogP contribution is -2.31. The van der Waals surface area contributed by atoms with Crippen LogP contribution < -0.4 is 15.2 Å². The fourth-order valence-electron chi connectivity index (χ4n) is 4.13. The van der Waals surface area contributed by atoms with Crippen LogP contribution in [0.25, 0.3) is 31.9 Å². The Balaban J connectivity index is 1.60. The Morgan fingerprint density at radius 3 is 2.73 bits per heavy atom. The van der Waals surface area contributed by atoms with Crippen molar-refractivity contribution in [1.82, 2.24) is 25.3 Å². The summed E-state index contributed by atoms with van der Waals surface area (Å²) in [5.74, 6) is -0.446. The van der Waals surface area contributed by atoms with Gasteiger partial charge >= 0.3 is 0 Å². The second-order valence-corrected chi connectivity index (χ2v) is 11.4. The van der Waals surface area contributed by atoms with Crippen molar-refractivity contribution in [2.24, 2.45) is 0 Å². The quantitative estimate of drug-likeness (QED) is 0.314. The second kappa shape index (κ2) is 8.61. The molecule has 5 aromatic rings. The summed E-state index contributed by atoms with van der Waals surface area (Å²) in [5, 5.41) is 2.81. The van der Waals surface area contributed by atoms with Crippen LogP contribution in [0.4, 0.5) is 5.69 Å². The Morgan fingerprint density at radius 1 is 1.00 bits per heavy atom. The van der Waals surface area contributed by atoms with Crippen molar-refractivity contribution in [3.63, 3.8) is 0 Å². The van der Waals surface area contributed by atoms with E-state index in [2.05, 4.69) is 25.3 Å². The van der Waals surface area contributed by atoms with E-state index in [0.717, 1.165) is 25.0 Å². The highest BCUT2D eigenvalue weighted by Crippen LogP contribution is 2.37. The Labute approximate surface area is 214 Å². The second-order valence-electron chi connectivity index (χ2n) is 8.41. The van der Waals surface area contributed by atoms with Crippen molar-refractivity contribution >= 4 is 43.2 Å². The number of rotatable bonds is 0. The van der Waals surface area contributed by atoms with Crippen molar-refractivity contribution in [3.8, 4) is 21.7 Å². The molecule has 0 spiro atoms. The van der Waals surface area contributed by atoms with Gasteiger partial charge in [0.15, 0.2) is 0 Å². The standard InChI is InChI=1S/C25H18N6O4S2/c1-31-20-7-16(12-28-25(20)33)21-8-19-23(36-21)22(30-13-29-19)17-5-14(9-26-11-17)10-27-24(32)15-3-2-4-18(6-15)37(31,34)35/h2-9,11-13H,10H2,1H3,(H,27,32)(H,28,33). The topological polar surface area (TPSA) is 138 Å². The third-order valence-electron chi connectivity index (χ3n) is 6.09. The number of amides is 1. The molecule has 1 amide bonds. The Kier molecular flexibility index (Phi) is 5.35. The third-order valence-corrected chi connectivity index (χ3v) is 9.04. The van der Waals surface area contributed by atoms with Gasteiger partial charge in [0.2, 0.25) is 0 Å². The predicted molar refractivity (Wildman–Crippen MR) is 140 cm³/mol. The number of nitrogens with zero attached hydrogens (tertiary/aromatic N) is 4. The minimum absolute atomic E-state index is 0.0610. The predicted octanol–water partition coefficient (Wildman–Crippen LogP) is 3.18. The highest BCUT2D eigenvalue weighted by molar-refractivity contribution is 7.92. The van der Waals surface area contributed by atoms with Crippen LogP contribution in [0.3, 0.4) is 0 Å². The fourth-order valence-corrected chi connectivity index (χ4v) is 6.48. The van der Waals surface area contributed by atoms with E-state index in [9.17, 15) is 18.0 Å². The Hall–Kier alpha value is -4.42. The molecule has 12 heteroatoms. The molecule has 2 N–H and O–H groups in total. The van der Waals surface area contributed by atoms with Gasteiger partial charge in [0.05, 0.1) is 20.8 Å². The molecule has 0 atom stereocenters. The summed E-state index contributed by atoms with van der Waals surface area (Å²) in [6.45, 7) is 0.181. The Bertz CT molecular complexity index is 1880. The smallest absolute Gasteiger partial charge is 0.272 e. The maximum atomic E-state index is 13.5. The van der Waals surface area contributed by atoms with Crippen LogP contribution in [0.15, 0.2) is 77.1 Å². The van der Waals surface area contributed by atoms with Crippen LogP contribution in [-0.4, -0.2) is 41.3 Å². The molecule has 1 aromatic carbocycles. The number of thiophene rings is 1. The number of nitrogens with one attached hydrogen (secondary N) is 2. The summed E-state index contributed by atoms with van der Waals surface area (Å²) in [4.78, 5) is 42.1. The van der Waals surface area contributed by atoms with Crippen molar-refractivity contribution in [2.75, 3.05) is 11.4 Å². The van der Waals surface area contributed by atoms with Gasteiger partial charge in [-0.3, -0.25) is 18.9 Å². The van der Waals surface area contributed by atoms with Gasteiger partial charge in [-0.2, -0.15) is 0 Å². The van der Waals surface area contributed by atoms with Crippen LogP contribution in [0.5, 0.6) is 0 Å². The monoisotopic (exact) mass is 530 g/mol. The van der Waals surface area contributed by atoms with Crippen LogP contribution in [-0.2, 0) is 16.6 Å². The van der Waals surface area contributed by atoms with Gasteiger partial charge in [-0.25, -0.2) is 18.4 Å². The molecule has 37 heavy (non-hydrogen) atoms. The highest BCUT2D eigenvalue weighted by Gasteiger charge is 2.25. The number of aromatic nitrogens is 4. The first-order chi connectivity index (χ1) is 17.8. The average Bonchev–Trinajstić information content (AvgIpc) is 3.36. The van der Waals surface area contributed by atoms with Crippen molar-refractivity contribution in [2.45, 2.75) is 11.4 Å². The van der Waals surface area contributed by atoms with Gasteiger partial charge in [-0.05, 0) is 42.0 Å². The first kappa shape index (κ1) is 23.0. The van der Waals surface area contributed by atoms with E-state index >= 15 is 0 Å². The normalized spacial score (nSPS) is 14.7. The molecule has 0 unspecified atom stereocenters. The van der Waals surface area contributed by atoms with E-state index in [1.807, 2.05) is 12.1 Å². The number of pyridine rings is 2. The van der Waals surface area contributed by atoms with Crippen LogP contribution in [0, 0.1) is 0 Å². The molecule has 4 aromatic heterocycles. The van der Waals surface area contributed by atoms with Crippen molar-refractivity contribution < 1.29 is 13.2 Å². The molecule has 0 fully saturated rings. The number of hydrogen-bond donors (Lipinski definition) is 2. The number of carbonyl (C=O) groups excluding carboxylic acids is 1. The zero-order chi connectivity index (χ0) is 25.7. The van der Waals surface area contributed by atoms with Crippen LogP contribution in [0.2, 0.25) is 0 Å². The van der Waals surface area contributed by atoms with Crippen molar-refractivity contribution in [1.29, 1.82) is 0 Å². The molecule has 184 valence electrons. The van der Waals surface area contributed by atoms with Gasteiger partial charge in [-0.15, -0.1) is 11.3 Å². The van der Waals surface area contributed by atoms with Gasteiger partial charge in [-0.1, -0.05) is 6.07 Å². The number of sulfonamides is 1. The number of aromatic amines is 1. The lowest BCUT2D eigenvalue weighted by atomic mass is 10.1. The molecule has 6 rings (SSSR count). The summed E-state index contributed by atoms with van der Waals surface area (Å²) in [7, 11) is -2.84. The van der Waals surface area contributed by atoms with E-state index in [1.54, 1.807) is 12.4 Å². The number of hydrogen-bond acceptors (Lipinski definition) is 8. The van der Waals surface area contributed by atoms with E-state index < -0.39 is 21.5 Å². The van der Waals surface area contributed by atoms with E-state index in [-0.39, 0.29) is 22.7 Å². The molecule has 10 nitrogen and oxygen atoms in total. The molecule has 0 aliphatic carbocycles. The average molecular weight is 531 g/mol. The van der Waals surface area contributed by atoms with Crippen molar-refractivity contribution in [3.05, 3.63) is 88.9 Å². The lowest BCUT2D eigenvalue weighted by Gasteiger charge is -2.19.